The van der Waals surface area contributed by atoms with Gasteiger partial charge < -0.3 is 4.90 Å². The van der Waals surface area contributed by atoms with Gasteiger partial charge in [0, 0.05) is 32.6 Å². The lowest BCUT2D eigenvalue weighted by molar-refractivity contribution is -0.130. The predicted octanol–water partition coefficient (Wildman–Crippen LogP) is 0.451. The van der Waals surface area contributed by atoms with Gasteiger partial charge in [0.15, 0.2) is 15.5 Å². The van der Waals surface area contributed by atoms with Crippen molar-refractivity contribution in [3.8, 4) is 0 Å². The maximum Gasteiger partial charge on any atom is 0.332 e. The third-order valence-electron chi connectivity index (χ3n) is 5.68. The fraction of sp³-hybridized carbons (Fsp3) is 0.650. The zero-order valence-corrected chi connectivity index (χ0v) is 21.0. The maximum atomic E-state index is 13.1. The molecular formula is C20H29N5O5S2. The zero-order chi connectivity index (χ0) is 24.2. The second kappa shape index (κ2) is 8.29. The zero-order valence-electron chi connectivity index (χ0n) is 19.4. The van der Waals surface area contributed by atoms with Gasteiger partial charge in [-0.3, -0.25) is 18.7 Å². The molecule has 0 aromatic carbocycles. The number of aromatic nitrogens is 4. The number of rotatable bonds is 4. The molecule has 1 saturated heterocycles. The van der Waals surface area contributed by atoms with E-state index in [-0.39, 0.29) is 34.5 Å². The fourth-order valence-electron chi connectivity index (χ4n) is 3.62. The van der Waals surface area contributed by atoms with Gasteiger partial charge in [0.2, 0.25) is 5.91 Å². The summed E-state index contributed by atoms with van der Waals surface area (Å²) in [6.07, 6.45) is 0.412. The summed E-state index contributed by atoms with van der Waals surface area (Å²) in [5, 5.41) is -0.126. The monoisotopic (exact) mass is 483 g/mol. The molecule has 0 N–H and O–H groups in total. The molecule has 2 unspecified atom stereocenters. The summed E-state index contributed by atoms with van der Waals surface area (Å²) in [6, 6.07) is -0.364. The van der Waals surface area contributed by atoms with Gasteiger partial charge in [0.1, 0.15) is 16.2 Å². The summed E-state index contributed by atoms with van der Waals surface area (Å²) in [7, 11) is 1.41. The molecular weight excluding hydrogens is 454 g/mol. The summed E-state index contributed by atoms with van der Waals surface area (Å²) in [5.41, 5.74) is -1.26. The first-order valence-electron chi connectivity index (χ1n) is 10.3. The van der Waals surface area contributed by atoms with E-state index in [4.69, 9.17) is 0 Å². The minimum atomic E-state index is -3.13. The SMILES string of the molecule is CC(Sc1nc(C(C)(C)C)nc2c1c(=O)n(C)c(=O)n2C)C(=O)N(C)C1CCS(=O)(=O)C1. The van der Waals surface area contributed by atoms with E-state index in [2.05, 4.69) is 9.97 Å². The second-order valence-electron chi connectivity index (χ2n) is 9.27. The van der Waals surface area contributed by atoms with Crippen molar-refractivity contribution in [1.29, 1.82) is 0 Å². The summed E-state index contributed by atoms with van der Waals surface area (Å²) in [6.45, 7) is 7.46. The Morgan fingerprint density at radius 1 is 1.19 bits per heavy atom. The van der Waals surface area contributed by atoms with E-state index in [0.29, 0.717) is 17.3 Å². The van der Waals surface area contributed by atoms with E-state index < -0.39 is 31.8 Å². The molecule has 2 aromatic rings. The highest BCUT2D eigenvalue weighted by Crippen LogP contribution is 2.31. The van der Waals surface area contributed by atoms with E-state index in [1.165, 1.54) is 16.5 Å². The first-order valence-corrected chi connectivity index (χ1v) is 13.0. The molecule has 3 rings (SSSR count). The van der Waals surface area contributed by atoms with Crippen LogP contribution in [-0.2, 0) is 34.1 Å². The van der Waals surface area contributed by atoms with Crippen LogP contribution in [0.2, 0.25) is 0 Å². The molecule has 1 aliphatic rings. The van der Waals surface area contributed by atoms with Crippen LogP contribution in [0.1, 0.15) is 39.9 Å². The van der Waals surface area contributed by atoms with Crippen LogP contribution in [0, 0.1) is 0 Å². The molecule has 0 bridgehead atoms. The van der Waals surface area contributed by atoms with E-state index in [9.17, 15) is 22.8 Å². The molecule has 2 atom stereocenters. The Labute approximate surface area is 191 Å². The topological polar surface area (TPSA) is 124 Å². The van der Waals surface area contributed by atoms with Crippen molar-refractivity contribution >= 4 is 38.5 Å². The van der Waals surface area contributed by atoms with Crippen molar-refractivity contribution in [2.75, 3.05) is 18.6 Å². The highest BCUT2D eigenvalue weighted by atomic mass is 32.2. The van der Waals surface area contributed by atoms with Gasteiger partial charge in [-0.2, -0.15) is 0 Å². The van der Waals surface area contributed by atoms with Crippen LogP contribution in [-0.4, -0.2) is 68.2 Å². The average Bonchev–Trinajstić information content (AvgIpc) is 3.07. The first kappa shape index (κ1) is 24.4. The van der Waals surface area contributed by atoms with E-state index >= 15 is 0 Å². The first-order chi connectivity index (χ1) is 14.6. The number of carbonyl (C=O) groups is 1. The Morgan fingerprint density at radius 3 is 2.34 bits per heavy atom. The molecule has 3 heterocycles. The normalized spacial score (nSPS) is 19.3. The average molecular weight is 484 g/mol. The van der Waals surface area contributed by atoms with Crippen LogP contribution >= 0.6 is 11.8 Å². The minimum Gasteiger partial charge on any atom is -0.341 e. The van der Waals surface area contributed by atoms with Crippen LogP contribution < -0.4 is 11.2 Å². The van der Waals surface area contributed by atoms with Gasteiger partial charge in [-0.05, 0) is 13.3 Å². The standard InChI is InChI=1S/C20H29N5O5S2/c1-11(16(26)23(5)12-8-9-32(29,30)10-12)31-15-13-14(21-18(22-15)20(2,3)4)24(6)19(28)25(7)17(13)27/h11-12H,8-10H2,1-7H3. The van der Waals surface area contributed by atoms with Crippen LogP contribution in [0.5, 0.6) is 0 Å². The molecule has 10 nitrogen and oxygen atoms in total. The van der Waals surface area contributed by atoms with Crippen molar-refractivity contribution < 1.29 is 13.2 Å². The number of amides is 1. The Hall–Kier alpha value is -2.21. The third-order valence-corrected chi connectivity index (χ3v) is 8.50. The molecule has 0 saturated carbocycles. The fourth-order valence-corrected chi connectivity index (χ4v) is 6.43. The molecule has 1 fully saturated rings. The van der Waals surface area contributed by atoms with Gasteiger partial charge >= 0.3 is 5.69 Å². The number of fused-ring (bicyclic) bond motifs is 1. The highest BCUT2D eigenvalue weighted by Gasteiger charge is 2.35. The number of nitrogens with zero attached hydrogens (tertiary/aromatic N) is 5. The molecule has 0 radical (unpaired) electrons. The number of thioether (sulfide) groups is 1. The second-order valence-corrected chi connectivity index (χ2v) is 12.8. The van der Waals surface area contributed by atoms with Crippen molar-refractivity contribution in [3.05, 3.63) is 26.7 Å². The number of carbonyl (C=O) groups excluding carboxylic acids is 1. The lowest BCUT2D eigenvalue weighted by Crippen LogP contribution is -2.42. The van der Waals surface area contributed by atoms with Gasteiger partial charge in [0.25, 0.3) is 5.56 Å². The number of sulfone groups is 1. The van der Waals surface area contributed by atoms with Crippen molar-refractivity contribution in [2.45, 2.75) is 55.8 Å². The molecule has 176 valence electrons. The van der Waals surface area contributed by atoms with Crippen LogP contribution in [0.4, 0.5) is 0 Å². The quantitative estimate of drug-likeness (QED) is 0.454. The molecule has 1 amide bonds. The van der Waals surface area contributed by atoms with Gasteiger partial charge in [-0.15, -0.1) is 0 Å². The summed E-state index contributed by atoms with van der Waals surface area (Å²) in [5.74, 6) is 0.236. The van der Waals surface area contributed by atoms with Crippen LogP contribution in [0.3, 0.4) is 0 Å². The maximum absolute atomic E-state index is 13.1. The van der Waals surface area contributed by atoms with Gasteiger partial charge in [-0.1, -0.05) is 32.5 Å². The third kappa shape index (κ3) is 4.47. The highest BCUT2D eigenvalue weighted by molar-refractivity contribution is 8.00. The largest absolute Gasteiger partial charge is 0.341 e. The lowest BCUT2D eigenvalue weighted by Gasteiger charge is -2.26. The number of hydrogen-bond acceptors (Lipinski definition) is 8. The lowest BCUT2D eigenvalue weighted by atomic mass is 9.96. The Bertz CT molecular complexity index is 1310. The van der Waals surface area contributed by atoms with Crippen molar-refractivity contribution in [1.82, 2.24) is 24.0 Å². The van der Waals surface area contributed by atoms with Crippen LogP contribution in [0.15, 0.2) is 14.6 Å². The summed E-state index contributed by atoms with van der Waals surface area (Å²) in [4.78, 5) is 49.0. The molecule has 0 aliphatic carbocycles. The number of hydrogen-bond donors (Lipinski definition) is 0. The Kier molecular flexibility index (Phi) is 6.33. The van der Waals surface area contributed by atoms with E-state index in [1.54, 1.807) is 21.0 Å². The smallest absolute Gasteiger partial charge is 0.332 e. The van der Waals surface area contributed by atoms with Crippen molar-refractivity contribution in [2.24, 2.45) is 14.1 Å². The molecule has 2 aromatic heterocycles. The van der Waals surface area contributed by atoms with Gasteiger partial charge in [0.05, 0.1) is 16.8 Å². The Morgan fingerprint density at radius 2 is 1.81 bits per heavy atom. The Balaban J connectivity index is 2.06. The molecule has 0 spiro atoms. The predicted molar refractivity (Wildman–Crippen MR) is 124 cm³/mol. The molecule has 12 heteroatoms. The summed E-state index contributed by atoms with van der Waals surface area (Å²) >= 11 is 1.12. The number of aryl methyl sites for hydroxylation is 1. The van der Waals surface area contributed by atoms with Crippen LogP contribution in [0.25, 0.3) is 11.0 Å². The van der Waals surface area contributed by atoms with E-state index in [1.807, 2.05) is 20.8 Å². The molecule has 1 aliphatic heterocycles. The summed E-state index contributed by atoms with van der Waals surface area (Å²) < 4.78 is 25.9. The van der Waals surface area contributed by atoms with E-state index in [0.717, 1.165) is 16.3 Å². The van der Waals surface area contributed by atoms with Crippen molar-refractivity contribution in [3.63, 3.8) is 0 Å². The van der Waals surface area contributed by atoms with Gasteiger partial charge in [-0.25, -0.2) is 23.2 Å². The molecule has 32 heavy (non-hydrogen) atoms. The minimum absolute atomic E-state index is 0.0418.